The van der Waals surface area contributed by atoms with Gasteiger partial charge in [-0.05, 0) is 12.8 Å². The van der Waals surface area contributed by atoms with Crippen LogP contribution >= 0.6 is 11.3 Å². The van der Waals surface area contributed by atoms with E-state index in [2.05, 4.69) is 4.98 Å². The Balaban J connectivity index is 2.16. The molecular formula is C9H15N3OS. The summed E-state index contributed by atoms with van der Waals surface area (Å²) in [6, 6.07) is 0. The Hall–Kier alpha value is -0.650. The highest BCUT2D eigenvalue weighted by atomic mass is 32.1. The van der Waals surface area contributed by atoms with Gasteiger partial charge in [0.25, 0.3) is 0 Å². The van der Waals surface area contributed by atoms with Crippen molar-refractivity contribution >= 4 is 16.5 Å². The summed E-state index contributed by atoms with van der Waals surface area (Å²) in [6.07, 6.45) is 4.28. The Morgan fingerprint density at radius 3 is 2.79 bits per heavy atom. The molecule has 0 bridgehead atoms. The second kappa shape index (κ2) is 3.49. The van der Waals surface area contributed by atoms with E-state index in [9.17, 15) is 0 Å². The van der Waals surface area contributed by atoms with Crippen molar-refractivity contribution in [3.05, 3.63) is 11.1 Å². The van der Waals surface area contributed by atoms with Crippen LogP contribution in [0.5, 0.6) is 0 Å². The molecule has 0 aliphatic heterocycles. The topological polar surface area (TPSA) is 51.4 Å². The summed E-state index contributed by atoms with van der Waals surface area (Å²) in [6.45, 7) is 0.613. The van der Waals surface area contributed by atoms with Gasteiger partial charge in [0, 0.05) is 30.6 Å². The molecule has 0 unspecified atom stereocenters. The van der Waals surface area contributed by atoms with Gasteiger partial charge in [-0.1, -0.05) is 0 Å². The molecule has 0 amide bonds. The second-order valence-corrected chi connectivity index (χ2v) is 5.00. The number of anilines is 1. The lowest BCUT2D eigenvalue weighted by molar-refractivity contribution is 0.117. The molecule has 0 atom stereocenters. The molecule has 2 rings (SSSR count). The van der Waals surface area contributed by atoms with E-state index in [1.54, 1.807) is 11.3 Å². The van der Waals surface area contributed by atoms with Crippen molar-refractivity contribution in [1.82, 2.24) is 4.98 Å². The minimum atomic E-state index is 0.181. The highest BCUT2D eigenvalue weighted by molar-refractivity contribution is 7.15. The van der Waals surface area contributed by atoms with E-state index in [1.807, 2.05) is 25.2 Å². The van der Waals surface area contributed by atoms with E-state index in [1.165, 1.54) is 17.7 Å². The number of nitrogens with two attached hydrogens (primary N) is 1. The molecule has 0 radical (unpaired) electrons. The summed E-state index contributed by atoms with van der Waals surface area (Å²) in [5, 5.41) is 1.04. The molecule has 0 saturated heterocycles. The molecular weight excluding hydrogens is 198 g/mol. The number of nitrogens with zero attached hydrogens (tertiary/aromatic N) is 2. The van der Waals surface area contributed by atoms with Crippen LogP contribution in [0.15, 0.2) is 6.20 Å². The maximum atomic E-state index is 5.13. The summed E-state index contributed by atoms with van der Waals surface area (Å²) < 4.78 is 0. The van der Waals surface area contributed by atoms with Crippen LogP contribution in [0.4, 0.5) is 5.13 Å². The maximum absolute atomic E-state index is 5.13. The van der Waals surface area contributed by atoms with Crippen LogP contribution in [0.1, 0.15) is 17.7 Å². The zero-order valence-corrected chi connectivity index (χ0v) is 9.30. The summed E-state index contributed by atoms with van der Waals surface area (Å²) >= 11 is 1.73. The molecule has 4 nitrogen and oxygen atoms in total. The predicted molar refractivity (Wildman–Crippen MR) is 57.5 cm³/mol. The van der Waals surface area contributed by atoms with Gasteiger partial charge in [0.2, 0.25) is 0 Å². The normalized spacial score (nSPS) is 18.2. The predicted octanol–water partition coefficient (Wildman–Crippen LogP) is 1.13. The standard InChI is InChI=1S/C9H15N3OS/c1-12(2)8-11-5-7(14-8)9(3-4-9)6-13-10/h5H,3-4,6,10H2,1-2H3. The monoisotopic (exact) mass is 213 g/mol. The van der Waals surface area contributed by atoms with Gasteiger partial charge in [0.15, 0.2) is 5.13 Å². The van der Waals surface area contributed by atoms with Crippen LogP contribution in [0, 0.1) is 0 Å². The number of hydrogen-bond donors (Lipinski definition) is 1. The number of aromatic nitrogens is 1. The molecule has 1 fully saturated rings. The van der Waals surface area contributed by atoms with E-state index in [4.69, 9.17) is 10.7 Å². The van der Waals surface area contributed by atoms with Crippen molar-refractivity contribution in [2.45, 2.75) is 18.3 Å². The van der Waals surface area contributed by atoms with E-state index in [0.29, 0.717) is 6.61 Å². The van der Waals surface area contributed by atoms with Crippen molar-refractivity contribution in [2.75, 3.05) is 25.6 Å². The molecule has 0 spiro atoms. The molecule has 5 heteroatoms. The van der Waals surface area contributed by atoms with Crippen LogP contribution in [-0.2, 0) is 10.3 Å². The van der Waals surface area contributed by atoms with Gasteiger partial charge in [0.1, 0.15) is 0 Å². The summed E-state index contributed by atoms with van der Waals surface area (Å²) in [4.78, 5) is 12.4. The van der Waals surface area contributed by atoms with Gasteiger partial charge in [0.05, 0.1) is 6.61 Å². The van der Waals surface area contributed by atoms with Crippen molar-refractivity contribution in [3.63, 3.8) is 0 Å². The first-order valence-electron chi connectivity index (χ1n) is 4.63. The number of hydrogen-bond acceptors (Lipinski definition) is 5. The summed E-state index contributed by atoms with van der Waals surface area (Å²) in [5.41, 5.74) is 0.181. The summed E-state index contributed by atoms with van der Waals surface area (Å²) in [7, 11) is 4.00. The fourth-order valence-electron chi connectivity index (χ4n) is 1.49. The van der Waals surface area contributed by atoms with Gasteiger partial charge in [-0.3, -0.25) is 0 Å². The Kier molecular flexibility index (Phi) is 2.47. The van der Waals surface area contributed by atoms with Crippen LogP contribution in [-0.4, -0.2) is 25.7 Å². The smallest absolute Gasteiger partial charge is 0.184 e. The minimum absolute atomic E-state index is 0.181. The average Bonchev–Trinajstić information content (AvgIpc) is 2.77. The number of thiazole rings is 1. The summed E-state index contributed by atoms with van der Waals surface area (Å²) in [5.74, 6) is 5.13. The molecule has 2 N–H and O–H groups in total. The minimum Gasteiger partial charge on any atom is -0.354 e. The molecule has 1 heterocycles. The lowest BCUT2D eigenvalue weighted by atomic mass is 10.1. The quantitative estimate of drug-likeness (QED) is 0.762. The SMILES string of the molecule is CN(C)c1ncc(C2(CON)CC2)s1. The Labute approximate surface area is 87.6 Å². The Morgan fingerprint density at radius 1 is 1.64 bits per heavy atom. The molecule has 1 aliphatic rings. The van der Waals surface area contributed by atoms with Crippen LogP contribution < -0.4 is 10.8 Å². The molecule has 78 valence electrons. The second-order valence-electron chi connectivity index (χ2n) is 3.99. The fourth-order valence-corrected chi connectivity index (χ4v) is 2.56. The van der Waals surface area contributed by atoms with Gasteiger partial charge in [-0.15, -0.1) is 11.3 Å². The van der Waals surface area contributed by atoms with E-state index < -0.39 is 0 Å². The third-order valence-electron chi connectivity index (χ3n) is 2.61. The zero-order valence-electron chi connectivity index (χ0n) is 8.49. The van der Waals surface area contributed by atoms with Crippen molar-refractivity contribution in [3.8, 4) is 0 Å². The molecule has 1 aromatic rings. The molecule has 0 aromatic carbocycles. The lowest BCUT2D eigenvalue weighted by Gasteiger charge is -2.10. The Bertz CT molecular complexity index is 320. The van der Waals surface area contributed by atoms with Gasteiger partial charge in [-0.25, -0.2) is 10.9 Å². The first kappa shape index (κ1) is 9.89. The molecule has 14 heavy (non-hydrogen) atoms. The van der Waals surface area contributed by atoms with Crippen LogP contribution in [0.25, 0.3) is 0 Å². The highest BCUT2D eigenvalue weighted by Crippen LogP contribution is 2.50. The maximum Gasteiger partial charge on any atom is 0.184 e. The van der Waals surface area contributed by atoms with E-state index in [-0.39, 0.29) is 5.41 Å². The van der Waals surface area contributed by atoms with Gasteiger partial charge < -0.3 is 9.74 Å². The van der Waals surface area contributed by atoms with Crippen LogP contribution in [0.2, 0.25) is 0 Å². The average molecular weight is 213 g/mol. The third kappa shape index (κ3) is 1.63. The van der Waals surface area contributed by atoms with Crippen molar-refractivity contribution < 1.29 is 4.84 Å². The fraction of sp³-hybridized carbons (Fsp3) is 0.667. The van der Waals surface area contributed by atoms with Gasteiger partial charge >= 0.3 is 0 Å². The molecule has 1 aliphatic carbocycles. The zero-order chi connectivity index (χ0) is 10.2. The van der Waals surface area contributed by atoms with Crippen molar-refractivity contribution in [1.29, 1.82) is 0 Å². The third-order valence-corrected chi connectivity index (χ3v) is 4.02. The first-order valence-corrected chi connectivity index (χ1v) is 5.45. The highest BCUT2D eigenvalue weighted by Gasteiger charge is 2.46. The molecule has 1 saturated carbocycles. The van der Waals surface area contributed by atoms with Gasteiger partial charge in [-0.2, -0.15) is 0 Å². The van der Waals surface area contributed by atoms with Crippen LogP contribution in [0.3, 0.4) is 0 Å². The lowest BCUT2D eigenvalue weighted by Crippen LogP contribution is -2.16. The van der Waals surface area contributed by atoms with Crippen molar-refractivity contribution in [2.24, 2.45) is 5.90 Å². The van der Waals surface area contributed by atoms with E-state index >= 15 is 0 Å². The largest absolute Gasteiger partial charge is 0.354 e. The molecule has 1 aromatic heterocycles. The number of rotatable bonds is 4. The Morgan fingerprint density at radius 2 is 2.36 bits per heavy atom. The first-order chi connectivity index (χ1) is 6.68. The van der Waals surface area contributed by atoms with E-state index in [0.717, 1.165) is 5.13 Å².